The summed E-state index contributed by atoms with van der Waals surface area (Å²) in [6.45, 7) is 8.65. The molecule has 0 aliphatic heterocycles. The molecule has 0 saturated carbocycles. The first-order valence-electron chi connectivity index (χ1n) is 9.49. The maximum Gasteiger partial charge on any atom is 0.256 e. The lowest BCUT2D eigenvalue weighted by atomic mass is 10.1. The van der Waals surface area contributed by atoms with Gasteiger partial charge < -0.3 is 10.1 Å². The topological polar surface area (TPSA) is 75.7 Å². The zero-order chi connectivity index (χ0) is 20.7. The highest BCUT2D eigenvalue weighted by atomic mass is 32.2. The summed E-state index contributed by atoms with van der Waals surface area (Å²) < 4.78 is 32.6. The Kier molecular flexibility index (Phi) is 7.60. The van der Waals surface area contributed by atoms with E-state index in [9.17, 15) is 13.2 Å². The smallest absolute Gasteiger partial charge is 0.256 e. The van der Waals surface area contributed by atoms with Gasteiger partial charge in [0.25, 0.3) is 5.91 Å². The van der Waals surface area contributed by atoms with E-state index in [1.54, 1.807) is 39.0 Å². The van der Waals surface area contributed by atoms with Gasteiger partial charge in [0.05, 0.1) is 17.2 Å². The van der Waals surface area contributed by atoms with E-state index in [1.165, 1.54) is 16.4 Å². The highest BCUT2D eigenvalue weighted by Crippen LogP contribution is 2.26. The number of amides is 1. The minimum atomic E-state index is -3.64. The van der Waals surface area contributed by atoms with E-state index in [0.29, 0.717) is 42.3 Å². The number of sulfonamides is 1. The number of hydrogen-bond donors (Lipinski definition) is 1. The van der Waals surface area contributed by atoms with E-state index in [1.807, 2.05) is 19.1 Å². The van der Waals surface area contributed by atoms with Crippen molar-refractivity contribution in [2.45, 2.75) is 39.0 Å². The average Bonchev–Trinajstić information content (AvgIpc) is 2.68. The minimum Gasteiger partial charge on any atom is -0.491 e. The fourth-order valence-electron chi connectivity index (χ4n) is 2.82. The monoisotopic (exact) mass is 404 g/mol. The zero-order valence-corrected chi connectivity index (χ0v) is 17.7. The van der Waals surface area contributed by atoms with Crippen LogP contribution in [0.25, 0.3) is 0 Å². The van der Waals surface area contributed by atoms with Crippen LogP contribution in [0.15, 0.2) is 47.4 Å². The lowest BCUT2D eigenvalue weighted by Gasteiger charge is -2.19. The molecule has 7 heteroatoms. The molecule has 28 heavy (non-hydrogen) atoms. The fourth-order valence-corrected chi connectivity index (χ4v) is 4.30. The average molecular weight is 405 g/mol. The van der Waals surface area contributed by atoms with Crippen LogP contribution in [0.5, 0.6) is 5.75 Å². The van der Waals surface area contributed by atoms with Crippen molar-refractivity contribution < 1.29 is 17.9 Å². The Morgan fingerprint density at radius 1 is 1.07 bits per heavy atom. The van der Waals surface area contributed by atoms with E-state index in [4.69, 9.17) is 4.74 Å². The first-order valence-corrected chi connectivity index (χ1v) is 10.9. The third kappa shape index (κ3) is 4.91. The molecule has 0 unspecified atom stereocenters. The molecule has 0 saturated heterocycles. The summed E-state index contributed by atoms with van der Waals surface area (Å²) in [4.78, 5) is 13.0. The predicted octanol–water partition coefficient (Wildman–Crippen LogP) is 4.07. The van der Waals surface area contributed by atoms with Gasteiger partial charge in [-0.25, -0.2) is 8.42 Å². The van der Waals surface area contributed by atoms with E-state index in [0.717, 1.165) is 6.42 Å². The fraction of sp³-hybridized carbons (Fsp3) is 0.381. The molecule has 1 amide bonds. The van der Waals surface area contributed by atoms with Gasteiger partial charge in [0.2, 0.25) is 10.0 Å². The zero-order valence-electron chi connectivity index (χ0n) is 16.9. The Hall–Kier alpha value is -2.38. The summed E-state index contributed by atoms with van der Waals surface area (Å²) in [5.41, 5.74) is 1.57. The summed E-state index contributed by atoms with van der Waals surface area (Å²) >= 11 is 0. The maximum absolute atomic E-state index is 12.9. The van der Waals surface area contributed by atoms with Crippen molar-refractivity contribution in [2.24, 2.45) is 0 Å². The number of benzene rings is 2. The van der Waals surface area contributed by atoms with Crippen LogP contribution in [-0.4, -0.2) is 38.3 Å². The van der Waals surface area contributed by atoms with Crippen LogP contribution in [0.2, 0.25) is 0 Å². The van der Waals surface area contributed by atoms with Gasteiger partial charge in [0, 0.05) is 18.7 Å². The Balaban J connectivity index is 2.35. The molecular formula is C21H28N2O4S. The second-order valence-corrected chi connectivity index (χ2v) is 8.30. The van der Waals surface area contributed by atoms with Crippen LogP contribution in [0, 0.1) is 6.92 Å². The number of anilines is 1. The van der Waals surface area contributed by atoms with Crippen molar-refractivity contribution in [2.75, 3.05) is 25.0 Å². The van der Waals surface area contributed by atoms with Crippen LogP contribution in [-0.2, 0) is 10.0 Å². The molecule has 0 atom stereocenters. The van der Waals surface area contributed by atoms with Crippen molar-refractivity contribution in [1.29, 1.82) is 0 Å². The van der Waals surface area contributed by atoms with E-state index in [2.05, 4.69) is 5.32 Å². The molecule has 2 aromatic rings. The van der Waals surface area contributed by atoms with Crippen molar-refractivity contribution in [3.8, 4) is 5.75 Å². The molecule has 2 rings (SSSR count). The third-order valence-corrected chi connectivity index (χ3v) is 6.44. The summed E-state index contributed by atoms with van der Waals surface area (Å²) in [6, 6.07) is 11.8. The van der Waals surface area contributed by atoms with Gasteiger partial charge in [0.1, 0.15) is 5.75 Å². The third-order valence-electron chi connectivity index (χ3n) is 4.39. The summed E-state index contributed by atoms with van der Waals surface area (Å²) in [5.74, 6) is 0.212. The van der Waals surface area contributed by atoms with Crippen molar-refractivity contribution in [1.82, 2.24) is 4.31 Å². The van der Waals surface area contributed by atoms with Gasteiger partial charge >= 0.3 is 0 Å². The molecule has 0 aliphatic carbocycles. The van der Waals surface area contributed by atoms with Gasteiger partial charge in [-0.05, 0) is 43.2 Å². The highest BCUT2D eigenvalue weighted by Gasteiger charge is 2.23. The van der Waals surface area contributed by atoms with Crippen LogP contribution in [0.1, 0.15) is 43.1 Å². The molecule has 0 aliphatic rings. The molecule has 0 bridgehead atoms. The lowest BCUT2D eigenvalue weighted by Crippen LogP contribution is -2.30. The molecule has 0 heterocycles. The van der Waals surface area contributed by atoms with Crippen LogP contribution in [0.3, 0.4) is 0 Å². The first-order chi connectivity index (χ1) is 13.3. The molecule has 0 aromatic heterocycles. The second-order valence-electron chi connectivity index (χ2n) is 6.36. The van der Waals surface area contributed by atoms with Crippen LogP contribution in [0.4, 0.5) is 5.69 Å². The molecule has 0 fully saturated rings. The van der Waals surface area contributed by atoms with Crippen molar-refractivity contribution in [3.63, 3.8) is 0 Å². The Bertz CT molecular complexity index is 922. The molecule has 1 N–H and O–H groups in total. The van der Waals surface area contributed by atoms with Gasteiger partial charge in [0.15, 0.2) is 0 Å². The molecule has 2 aromatic carbocycles. The standard InChI is InChI=1S/C21H28N2O4S/c1-5-14-27-20-11-9-8-10-19(20)22-21(24)18-15-17(13-12-16(18)4)28(25,26)23(6-2)7-3/h8-13,15H,5-7,14H2,1-4H3,(H,22,24). The molecule has 0 radical (unpaired) electrons. The first kappa shape index (κ1) is 21.9. The number of ether oxygens (including phenoxy) is 1. The minimum absolute atomic E-state index is 0.113. The summed E-state index contributed by atoms with van der Waals surface area (Å²) in [6.07, 6.45) is 0.854. The van der Waals surface area contributed by atoms with Gasteiger partial charge in [-0.2, -0.15) is 4.31 Å². The lowest BCUT2D eigenvalue weighted by molar-refractivity contribution is 0.102. The maximum atomic E-state index is 12.9. The van der Waals surface area contributed by atoms with Crippen LogP contribution >= 0.6 is 0 Å². The highest BCUT2D eigenvalue weighted by molar-refractivity contribution is 7.89. The Morgan fingerprint density at radius 2 is 1.75 bits per heavy atom. The molecule has 0 spiro atoms. The van der Waals surface area contributed by atoms with Gasteiger partial charge in [-0.1, -0.05) is 39.0 Å². The number of para-hydroxylation sites is 2. The quantitative estimate of drug-likeness (QED) is 0.684. The number of rotatable bonds is 9. The number of nitrogens with zero attached hydrogens (tertiary/aromatic N) is 1. The van der Waals surface area contributed by atoms with Crippen molar-refractivity contribution >= 4 is 21.6 Å². The number of nitrogens with one attached hydrogen (secondary N) is 1. The van der Waals surface area contributed by atoms with Gasteiger partial charge in [-0.3, -0.25) is 4.79 Å². The predicted molar refractivity (Wildman–Crippen MR) is 111 cm³/mol. The Labute approximate surface area is 167 Å². The largest absolute Gasteiger partial charge is 0.491 e. The molecular weight excluding hydrogens is 376 g/mol. The van der Waals surface area contributed by atoms with Crippen LogP contribution < -0.4 is 10.1 Å². The normalized spacial score (nSPS) is 11.5. The molecule has 152 valence electrons. The van der Waals surface area contributed by atoms with Crippen molar-refractivity contribution in [3.05, 3.63) is 53.6 Å². The SMILES string of the molecule is CCCOc1ccccc1NC(=O)c1cc(S(=O)(=O)N(CC)CC)ccc1C. The molecule has 6 nitrogen and oxygen atoms in total. The Morgan fingerprint density at radius 3 is 2.39 bits per heavy atom. The summed E-state index contributed by atoms with van der Waals surface area (Å²) in [5, 5.41) is 2.84. The van der Waals surface area contributed by atoms with Gasteiger partial charge in [-0.15, -0.1) is 0 Å². The number of hydrogen-bond acceptors (Lipinski definition) is 4. The van der Waals surface area contributed by atoms with E-state index < -0.39 is 10.0 Å². The number of aryl methyl sites for hydroxylation is 1. The number of carbonyl (C=O) groups excluding carboxylic acids is 1. The second kappa shape index (κ2) is 9.71. The van der Waals surface area contributed by atoms with E-state index in [-0.39, 0.29) is 10.8 Å². The summed E-state index contributed by atoms with van der Waals surface area (Å²) in [7, 11) is -3.64. The number of carbonyl (C=O) groups is 1. The van der Waals surface area contributed by atoms with E-state index >= 15 is 0 Å².